The van der Waals surface area contributed by atoms with E-state index >= 15 is 0 Å². The number of fused-ring (bicyclic) bond motifs is 2. The Morgan fingerprint density at radius 1 is 1.52 bits per heavy atom. The summed E-state index contributed by atoms with van der Waals surface area (Å²) in [6, 6.07) is 2.05. The molecular formula is C18H24ClN5O3. The molecule has 1 aromatic heterocycles. The third-order valence-electron chi connectivity index (χ3n) is 5.37. The van der Waals surface area contributed by atoms with E-state index in [9.17, 15) is 14.4 Å². The Hall–Kier alpha value is -2.19. The molecule has 2 aliphatic rings. The molecule has 0 bridgehead atoms. The lowest BCUT2D eigenvalue weighted by Gasteiger charge is -2.30. The van der Waals surface area contributed by atoms with E-state index in [4.69, 9.17) is 17.5 Å². The van der Waals surface area contributed by atoms with Crippen LogP contribution in [0.15, 0.2) is 18.3 Å². The predicted molar refractivity (Wildman–Crippen MR) is 101 cm³/mol. The number of pyridine rings is 1. The largest absolute Gasteiger partial charge is 0.368 e. The average Bonchev–Trinajstić information content (AvgIpc) is 3.12. The van der Waals surface area contributed by atoms with Crippen molar-refractivity contribution in [3.05, 3.63) is 23.9 Å². The molecule has 0 aliphatic carbocycles. The second-order valence-corrected chi connectivity index (χ2v) is 8.23. The molecule has 1 fully saturated rings. The number of rotatable bonds is 5. The molecule has 2 aliphatic heterocycles. The van der Waals surface area contributed by atoms with E-state index < -0.39 is 23.4 Å². The number of hydrogen-bond donors (Lipinski definition) is 2. The highest BCUT2D eigenvalue weighted by Gasteiger charge is 2.58. The fourth-order valence-corrected chi connectivity index (χ4v) is 4.19. The zero-order valence-corrected chi connectivity index (χ0v) is 16.4. The normalized spacial score (nSPS) is 25.2. The number of anilines is 1. The summed E-state index contributed by atoms with van der Waals surface area (Å²) in [5.41, 5.74) is 5.26. The van der Waals surface area contributed by atoms with Crippen LogP contribution < -0.4 is 11.1 Å². The van der Waals surface area contributed by atoms with Gasteiger partial charge in [0.1, 0.15) is 17.9 Å². The maximum atomic E-state index is 13.2. The number of primary amides is 1. The zero-order valence-electron chi connectivity index (χ0n) is 15.6. The summed E-state index contributed by atoms with van der Waals surface area (Å²) in [6.07, 6.45) is 2.25. The second kappa shape index (κ2) is 7.09. The maximum absolute atomic E-state index is 13.2. The van der Waals surface area contributed by atoms with Gasteiger partial charge in [0, 0.05) is 25.4 Å². The summed E-state index contributed by atoms with van der Waals surface area (Å²) < 4.78 is 1.33. The molecule has 1 saturated heterocycles. The summed E-state index contributed by atoms with van der Waals surface area (Å²) in [5, 5.41) is 2.76. The van der Waals surface area contributed by atoms with Crippen molar-refractivity contribution in [2.45, 2.75) is 44.2 Å². The Labute approximate surface area is 163 Å². The van der Waals surface area contributed by atoms with Gasteiger partial charge in [-0.1, -0.05) is 19.9 Å². The minimum atomic E-state index is -1.02. The minimum absolute atomic E-state index is 0.0727. The van der Waals surface area contributed by atoms with Crippen molar-refractivity contribution in [2.24, 2.45) is 11.7 Å². The number of carbonyl (C=O) groups is 3. The Morgan fingerprint density at radius 3 is 2.81 bits per heavy atom. The molecule has 1 spiro atoms. The van der Waals surface area contributed by atoms with Crippen molar-refractivity contribution in [1.82, 2.24) is 14.3 Å². The van der Waals surface area contributed by atoms with E-state index in [1.54, 1.807) is 25.4 Å². The highest BCUT2D eigenvalue weighted by molar-refractivity contribution is 6.15. The lowest BCUT2D eigenvalue weighted by molar-refractivity contribution is -0.140. The predicted octanol–water partition coefficient (Wildman–Crippen LogP) is 0.858. The zero-order chi connectivity index (χ0) is 19.9. The number of hydrogen-bond acceptors (Lipinski definition) is 5. The van der Waals surface area contributed by atoms with Gasteiger partial charge in [-0.2, -0.15) is 0 Å². The first kappa shape index (κ1) is 19.6. The van der Waals surface area contributed by atoms with Crippen LogP contribution in [0.5, 0.6) is 0 Å². The molecule has 0 aromatic carbocycles. The van der Waals surface area contributed by atoms with Crippen molar-refractivity contribution >= 4 is 35.3 Å². The maximum Gasteiger partial charge on any atom is 0.241 e. The third-order valence-corrected chi connectivity index (χ3v) is 5.60. The number of carbonyl (C=O) groups excluding carboxylic acids is 3. The van der Waals surface area contributed by atoms with E-state index in [2.05, 4.69) is 10.3 Å². The van der Waals surface area contributed by atoms with E-state index in [1.807, 2.05) is 13.8 Å². The highest BCUT2D eigenvalue weighted by Crippen LogP contribution is 2.45. The Morgan fingerprint density at radius 2 is 2.22 bits per heavy atom. The molecule has 0 radical (unpaired) electrons. The molecule has 0 saturated carbocycles. The van der Waals surface area contributed by atoms with Crippen molar-refractivity contribution < 1.29 is 14.4 Å². The van der Waals surface area contributed by atoms with E-state index in [0.29, 0.717) is 17.8 Å². The van der Waals surface area contributed by atoms with Crippen LogP contribution in [0, 0.1) is 5.92 Å². The van der Waals surface area contributed by atoms with Crippen molar-refractivity contribution in [2.75, 3.05) is 18.9 Å². The monoisotopic (exact) mass is 393 g/mol. The lowest BCUT2D eigenvalue weighted by Crippen LogP contribution is -2.51. The Balaban J connectivity index is 1.98. The van der Waals surface area contributed by atoms with Crippen LogP contribution in [0.3, 0.4) is 0 Å². The fraction of sp³-hybridized carbons (Fsp3) is 0.556. The SMILES string of the molecule is CC(C)C[C@@H](C(=O)N1C[C@]2(C[C@H]1C(N)=O)C(=O)Nc1ncccc12)N(C)Cl. The first-order valence-electron chi connectivity index (χ1n) is 8.92. The van der Waals surface area contributed by atoms with Gasteiger partial charge >= 0.3 is 0 Å². The van der Waals surface area contributed by atoms with Crippen LogP contribution in [0.4, 0.5) is 5.82 Å². The van der Waals surface area contributed by atoms with Crippen LogP contribution in [-0.4, -0.2) is 57.7 Å². The molecule has 3 amide bonds. The van der Waals surface area contributed by atoms with Crippen molar-refractivity contribution in [3.8, 4) is 0 Å². The molecule has 1 aromatic rings. The number of aromatic nitrogens is 1. The van der Waals surface area contributed by atoms with Gasteiger partial charge in [-0.15, -0.1) is 0 Å². The van der Waals surface area contributed by atoms with Crippen molar-refractivity contribution in [1.29, 1.82) is 0 Å². The molecule has 3 atom stereocenters. The number of nitrogens with two attached hydrogens (primary N) is 1. The van der Waals surface area contributed by atoms with Gasteiger partial charge in [-0.3, -0.25) is 14.4 Å². The molecule has 146 valence electrons. The Bertz CT molecular complexity index is 784. The second-order valence-electron chi connectivity index (χ2n) is 7.69. The van der Waals surface area contributed by atoms with Gasteiger partial charge in [0.05, 0.1) is 5.41 Å². The van der Waals surface area contributed by atoms with E-state index in [0.717, 1.165) is 0 Å². The molecule has 3 heterocycles. The topological polar surface area (TPSA) is 109 Å². The smallest absolute Gasteiger partial charge is 0.241 e. The lowest BCUT2D eigenvalue weighted by atomic mass is 9.80. The van der Waals surface area contributed by atoms with Gasteiger partial charge in [-0.05, 0) is 36.6 Å². The molecular weight excluding hydrogens is 370 g/mol. The van der Waals surface area contributed by atoms with E-state index in [-0.39, 0.29) is 30.7 Å². The molecule has 3 rings (SSSR count). The van der Waals surface area contributed by atoms with Gasteiger partial charge in [-0.25, -0.2) is 9.40 Å². The quantitative estimate of drug-likeness (QED) is 0.721. The van der Waals surface area contributed by atoms with Crippen LogP contribution >= 0.6 is 11.8 Å². The number of likely N-dealkylation sites (tertiary alicyclic amines) is 1. The van der Waals surface area contributed by atoms with Crippen LogP contribution in [0.25, 0.3) is 0 Å². The first-order valence-corrected chi connectivity index (χ1v) is 9.26. The number of halogens is 1. The van der Waals surface area contributed by atoms with Crippen LogP contribution in [0.2, 0.25) is 0 Å². The number of amides is 3. The van der Waals surface area contributed by atoms with Gasteiger partial charge in [0.15, 0.2) is 0 Å². The summed E-state index contributed by atoms with van der Waals surface area (Å²) >= 11 is 6.13. The summed E-state index contributed by atoms with van der Waals surface area (Å²) in [4.78, 5) is 43.8. The van der Waals surface area contributed by atoms with Gasteiger partial charge < -0.3 is 16.0 Å². The van der Waals surface area contributed by atoms with E-state index in [1.165, 1.54) is 9.32 Å². The highest BCUT2D eigenvalue weighted by atomic mass is 35.5. The fourth-order valence-electron chi connectivity index (χ4n) is 4.03. The average molecular weight is 394 g/mol. The molecule has 3 N–H and O–H groups in total. The standard InChI is InChI=1S/C18H24ClN5O3/c1-10(2)7-12(23(3)19)16(26)24-9-18(8-13(24)14(20)25)11-5-4-6-21-15(11)22-17(18)27/h4-6,10,12-13H,7-9H2,1-3H3,(H2,20,25)(H,21,22,27)/t12-,13-,18-/m0/s1. The third kappa shape index (κ3) is 3.27. The minimum Gasteiger partial charge on any atom is -0.368 e. The summed E-state index contributed by atoms with van der Waals surface area (Å²) in [5.74, 6) is -0.507. The van der Waals surface area contributed by atoms with Crippen molar-refractivity contribution in [3.63, 3.8) is 0 Å². The molecule has 9 heteroatoms. The van der Waals surface area contributed by atoms with Crippen LogP contribution in [0.1, 0.15) is 32.3 Å². The van der Waals surface area contributed by atoms with Crippen LogP contribution in [-0.2, 0) is 19.8 Å². The number of nitrogens with one attached hydrogen (secondary N) is 1. The molecule has 0 unspecified atom stereocenters. The summed E-state index contributed by atoms with van der Waals surface area (Å²) in [6.45, 7) is 4.05. The first-order chi connectivity index (χ1) is 12.7. The van der Waals surface area contributed by atoms with Gasteiger partial charge in [0.2, 0.25) is 17.7 Å². The molecule has 8 nitrogen and oxygen atoms in total. The molecule has 27 heavy (non-hydrogen) atoms. The van der Waals surface area contributed by atoms with Gasteiger partial charge in [0.25, 0.3) is 0 Å². The number of likely N-dealkylation sites (N-methyl/N-ethyl adjacent to an activating group) is 1. The summed E-state index contributed by atoms with van der Waals surface area (Å²) in [7, 11) is 1.61. The Kier molecular flexibility index (Phi) is 5.14. The number of nitrogens with zero attached hydrogens (tertiary/aromatic N) is 3.